The third-order valence-electron chi connectivity index (χ3n) is 2.78. The molecule has 1 rings (SSSR count). The van der Waals surface area contributed by atoms with E-state index in [0.717, 1.165) is 23.1 Å². The first-order chi connectivity index (χ1) is 9.92. The van der Waals surface area contributed by atoms with Gasteiger partial charge in [-0.25, -0.2) is 0 Å². The van der Waals surface area contributed by atoms with Crippen LogP contribution in [0.2, 0.25) is 0 Å². The number of hydrogen-bond donors (Lipinski definition) is 0. The maximum Gasteiger partial charge on any atom is 0.305 e. The molecule has 1 aromatic carbocycles. The van der Waals surface area contributed by atoms with E-state index in [9.17, 15) is 9.59 Å². The molecule has 0 amide bonds. The van der Waals surface area contributed by atoms with Crippen LogP contribution in [0.5, 0.6) is 0 Å². The molecule has 0 bridgehead atoms. The fourth-order valence-electron chi connectivity index (χ4n) is 2.00. The number of ether oxygens (including phenoxy) is 2. The van der Waals surface area contributed by atoms with Crippen molar-refractivity contribution in [3.63, 3.8) is 0 Å². The lowest BCUT2D eigenvalue weighted by molar-refractivity contribution is -0.178. The quantitative estimate of drug-likeness (QED) is 0.593. The van der Waals surface area contributed by atoms with Crippen LogP contribution in [0.3, 0.4) is 0 Å². The number of carbonyl (C=O) groups excluding carboxylic acids is 2. The lowest BCUT2D eigenvalue weighted by atomic mass is 10.0. The van der Waals surface area contributed by atoms with Crippen molar-refractivity contribution in [2.45, 2.75) is 46.8 Å². The molecule has 0 aliphatic rings. The van der Waals surface area contributed by atoms with E-state index in [-0.39, 0.29) is 0 Å². The van der Waals surface area contributed by atoms with Gasteiger partial charge in [0.25, 0.3) is 6.29 Å². The van der Waals surface area contributed by atoms with Crippen molar-refractivity contribution in [2.24, 2.45) is 0 Å². The molecule has 0 aromatic heterocycles. The highest BCUT2D eigenvalue weighted by molar-refractivity contribution is 5.69. The largest absolute Gasteiger partial charge is 0.421 e. The lowest BCUT2D eigenvalue weighted by Gasteiger charge is -2.19. The zero-order valence-corrected chi connectivity index (χ0v) is 13.0. The first-order valence-corrected chi connectivity index (χ1v) is 7.04. The summed E-state index contributed by atoms with van der Waals surface area (Å²) in [5.41, 5.74) is 2.90. The third-order valence-corrected chi connectivity index (χ3v) is 2.78. The summed E-state index contributed by atoms with van der Waals surface area (Å²) in [6.45, 7) is 6.62. The van der Waals surface area contributed by atoms with Crippen molar-refractivity contribution < 1.29 is 19.1 Å². The summed E-state index contributed by atoms with van der Waals surface area (Å²) in [4.78, 5) is 22.4. The van der Waals surface area contributed by atoms with Crippen LogP contribution in [-0.2, 0) is 19.1 Å². The minimum Gasteiger partial charge on any atom is -0.421 e. The van der Waals surface area contributed by atoms with E-state index in [4.69, 9.17) is 9.47 Å². The molecule has 0 saturated carbocycles. The topological polar surface area (TPSA) is 52.6 Å². The van der Waals surface area contributed by atoms with Crippen LogP contribution in [0.15, 0.2) is 29.8 Å². The van der Waals surface area contributed by atoms with E-state index >= 15 is 0 Å². The summed E-state index contributed by atoms with van der Waals surface area (Å²) in [5, 5.41) is 0. The molecule has 4 heteroatoms. The average molecular weight is 290 g/mol. The molecular weight excluding hydrogens is 268 g/mol. The van der Waals surface area contributed by atoms with Gasteiger partial charge in [-0.15, -0.1) is 0 Å². The summed E-state index contributed by atoms with van der Waals surface area (Å²) in [6, 6.07) is 7.94. The van der Waals surface area contributed by atoms with Gasteiger partial charge < -0.3 is 9.47 Å². The molecule has 0 unspecified atom stereocenters. The van der Waals surface area contributed by atoms with Gasteiger partial charge in [-0.2, -0.15) is 0 Å². The van der Waals surface area contributed by atoms with Gasteiger partial charge in [-0.05, 0) is 25.0 Å². The summed E-state index contributed by atoms with van der Waals surface area (Å²) < 4.78 is 10.3. The highest BCUT2D eigenvalue weighted by atomic mass is 16.7. The Balaban J connectivity index is 3.09. The Labute approximate surface area is 125 Å². The van der Waals surface area contributed by atoms with E-state index in [2.05, 4.69) is 0 Å². The maximum atomic E-state index is 11.2. The normalized spacial score (nSPS) is 11.4. The number of hydrogen-bond acceptors (Lipinski definition) is 4. The summed E-state index contributed by atoms with van der Waals surface area (Å²) in [6.07, 6.45) is 2.49. The average Bonchev–Trinajstić information content (AvgIpc) is 2.36. The van der Waals surface area contributed by atoms with E-state index in [1.54, 1.807) is 0 Å². The Morgan fingerprint density at radius 3 is 2.29 bits per heavy atom. The van der Waals surface area contributed by atoms with Gasteiger partial charge in [-0.1, -0.05) is 43.2 Å². The van der Waals surface area contributed by atoms with Crippen LogP contribution in [0.1, 0.15) is 44.7 Å². The van der Waals surface area contributed by atoms with Gasteiger partial charge in [0.1, 0.15) is 0 Å². The highest BCUT2D eigenvalue weighted by Crippen LogP contribution is 2.20. The van der Waals surface area contributed by atoms with Crippen molar-refractivity contribution in [3.05, 3.63) is 41.0 Å². The molecule has 114 valence electrons. The Morgan fingerprint density at radius 1 is 1.19 bits per heavy atom. The van der Waals surface area contributed by atoms with Crippen LogP contribution in [0.4, 0.5) is 0 Å². The molecule has 0 saturated heterocycles. The predicted molar refractivity (Wildman–Crippen MR) is 81.4 cm³/mol. The van der Waals surface area contributed by atoms with Gasteiger partial charge in [0.15, 0.2) is 0 Å². The minimum absolute atomic E-state index is 0.479. The van der Waals surface area contributed by atoms with Crippen molar-refractivity contribution >= 4 is 18.0 Å². The van der Waals surface area contributed by atoms with Gasteiger partial charge in [0, 0.05) is 19.4 Å². The molecule has 1 aromatic rings. The molecule has 0 spiro atoms. The molecule has 0 atom stereocenters. The molecule has 0 aliphatic heterocycles. The third kappa shape index (κ3) is 6.25. The molecule has 0 fully saturated rings. The Hall–Kier alpha value is -2.10. The molecule has 0 aliphatic carbocycles. The number of esters is 2. The van der Waals surface area contributed by atoms with Crippen LogP contribution in [0, 0.1) is 6.92 Å². The first-order valence-electron chi connectivity index (χ1n) is 7.04. The van der Waals surface area contributed by atoms with E-state index in [1.807, 2.05) is 44.2 Å². The molecular formula is C17H22O4. The van der Waals surface area contributed by atoms with Crippen LogP contribution < -0.4 is 0 Å². The Kier molecular flexibility index (Phi) is 6.66. The van der Waals surface area contributed by atoms with Gasteiger partial charge in [-0.3, -0.25) is 9.59 Å². The van der Waals surface area contributed by atoms with Gasteiger partial charge in [0.05, 0.1) is 0 Å². The Bertz CT molecular complexity index is 515. The van der Waals surface area contributed by atoms with Gasteiger partial charge >= 0.3 is 11.9 Å². The zero-order chi connectivity index (χ0) is 15.8. The standard InChI is InChI=1S/C17H22O4/c1-5-7-16(11-15-9-6-8-12(2)10-15)17(20-13(3)18)21-14(4)19/h6,8-11,17H,5,7H2,1-4H3/b16-11+. The summed E-state index contributed by atoms with van der Waals surface area (Å²) in [7, 11) is 0. The second-order valence-electron chi connectivity index (χ2n) is 4.93. The predicted octanol–water partition coefficient (Wildman–Crippen LogP) is 3.63. The fourth-order valence-corrected chi connectivity index (χ4v) is 2.00. The smallest absolute Gasteiger partial charge is 0.305 e. The number of carbonyl (C=O) groups is 2. The van der Waals surface area contributed by atoms with Crippen molar-refractivity contribution in [2.75, 3.05) is 0 Å². The second kappa shape index (κ2) is 8.25. The number of benzene rings is 1. The number of rotatable bonds is 6. The molecule has 0 radical (unpaired) electrons. The van der Waals surface area contributed by atoms with E-state index in [1.165, 1.54) is 13.8 Å². The SMILES string of the molecule is CCC/C(=C\c1cccc(C)c1)C(OC(C)=O)OC(C)=O. The molecule has 0 heterocycles. The molecule has 0 N–H and O–H groups in total. The molecule has 21 heavy (non-hydrogen) atoms. The first kappa shape index (κ1) is 17.0. The maximum absolute atomic E-state index is 11.2. The zero-order valence-electron chi connectivity index (χ0n) is 13.0. The summed E-state index contributed by atoms with van der Waals surface area (Å²) in [5.74, 6) is -0.958. The monoisotopic (exact) mass is 290 g/mol. The van der Waals surface area contributed by atoms with Crippen molar-refractivity contribution in [1.82, 2.24) is 0 Å². The van der Waals surface area contributed by atoms with Crippen LogP contribution >= 0.6 is 0 Å². The highest BCUT2D eigenvalue weighted by Gasteiger charge is 2.20. The van der Waals surface area contributed by atoms with Gasteiger partial charge in [0.2, 0.25) is 0 Å². The van der Waals surface area contributed by atoms with Crippen LogP contribution in [-0.4, -0.2) is 18.2 Å². The summed E-state index contributed by atoms with van der Waals surface area (Å²) >= 11 is 0. The van der Waals surface area contributed by atoms with Crippen molar-refractivity contribution in [1.29, 1.82) is 0 Å². The fraction of sp³-hybridized carbons (Fsp3) is 0.412. The van der Waals surface area contributed by atoms with Crippen molar-refractivity contribution in [3.8, 4) is 0 Å². The lowest BCUT2D eigenvalue weighted by Crippen LogP contribution is -2.24. The van der Waals surface area contributed by atoms with E-state index < -0.39 is 18.2 Å². The number of aryl methyl sites for hydroxylation is 1. The second-order valence-corrected chi connectivity index (χ2v) is 4.93. The Morgan fingerprint density at radius 2 is 1.81 bits per heavy atom. The van der Waals surface area contributed by atoms with E-state index in [0.29, 0.717) is 6.42 Å². The molecule has 4 nitrogen and oxygen atoms in total. The minimum atomic E-state index is -0.958. The van der Waals surface area contributed by atoms with Crippen LogP contribution in [0.25, 0.3) is 6.08 Å².